The van der Waals surface area contributed by atoms with Gasteiger partial charge in [0.2, 0.25) is 0 Å². The average Bonchev–Trinajstić information content (AvgIpc) is 2.74. The van der Waals surface area contributed by atoms with Crippen molar-refractivity contribution in [1.82, 2.24) is 15.1 Å². The van der Waals surface area contributed by atoms with Crippen molar-refractivity contribution in [3.05, 3.63) is 60.2 Å². The largest absolute Gasteiger partial charge is 0.394 e. The molecule has 0 radical (unpaired) electrons. The number of aliphatic hydroxyl groups is 1. The molecule has 2 N–H and O–H groups in total. The van der Waals surface area contributed by atoms with Crippen molar-refractivity contribution in [2.45, 2.75) is 32.7 Å². The molecule has 164 valence electrons. The number of urea groups is 1. The van der Waals surface area contributed by atoms with E-state index in [0.717, 1.165) is 30.6 Å². The summed E-state index contributed by atoms with van der Waals surface area (Å²) in [6.07, 6.45) is 1.56. The van der Waals surface area contributed by atoms with Gasteiger partial charge in [-0.25, -0.2) is 4.79 Å². The summed E-state index contributed by atoms with van der Waals surface area (Å²) in [5.41, 5.74) is 3.43. The Morgan fingerprint density at radius 3 is 2.13 bits per heavy atom. The summed E-state index contributed by atoms with van der Waals surface area (Å²) in [5.74, 6) is 0.538. The lowest BCUT2D eigenvalue weighted by atomic mass is 10.0. The molecule has 0 aromatic heterocycles. The maximum atomic E-state index is 12.9. The average molecular weight is 412 g/mol. The van der Waals surface area contributed by atoms with Crippen molar-refractivity contribution in [3.63, 3.8) is 0 Å². The molecule has 0 spiro atoms. The zero-order valence-electron chi connectivity index (χ0n) is 18.8. The molecule has 0 aliphatic rings. The summed E-state index contributed by atoms with van der Waals surface area (Å²) in [7, 11) is 4.02. The quantitative estimate of drug-likeness (QED) is 0.590. The van der Waals surface area contributed by atoms with Gasteiger partial charge in [-0.3, -0.25) is 0 Å². The lowest BCUT2D eigenvalue weighted by Gasteiger charge is -2.27. The molecule has 0 saturated carbocycles. The molecule has 30 heavy (non-hydrogen) atoms. The molecule has 2 aromatic carbocycles. The van der Waals surface area contributed by atoms with Crippen molar-refractivity contribution in [2.24, 2.45) is 5.92 Å². The van der Waals surface area contributed by atoms with Crippen LogP contribution < -0.4 is 5.32 Å². The Hall–Kier alpha value is -2.37. The first-order valence-corrected chi connectivity index (χ1v) is 10.8. The Labute approximate surface area is 181 Å². The van der Waals surface area contributed by atoms with Gasteiger partial charge in [-0.15, -0.1) is 0 Å². The standard InChI is InChI=1S/C25H37N3O2/c1-20(2)14-15-28(17-16-27(3)4)25(30)26-24(19-29)18-21-10-12-23(13-11-21)22-8-6-5-7-9-22/h5-13,20,24,29H,14-19H2,1-4H3,(H,26,30)/t24-/m0/s1. The molecule has 5 nitrogen and oxygen atoms in total. The van der Waals surface area contributed by atoms with Crippen LogP contribution in [0.4, 0.5) is 4.79 Å². The van der Waals surface area contributed by atoms with E-state index in [0.29, 0.717) is 18.9 Å². The fourth-order valence-electron chi connectivity index (χ4n) is 3.23. The SMILES string of the molecule is CC(C)CCN(CCN(C)C)C(=O)N[C@H](CO)Cc1ccc(-c2ccccc2)cc1. The van der Waals surface area contributed by atoms with Crippen molar-refractivity contribution in [2.75, 3.05) is 40.3 Å². The summed E-state index contributed by atoms with van der Waals surface area (Å²) in [4.78, 5) is 16.8. The number of hydrogen-bond acceptors (Lipinski definition) is 3. The van der Waals surface area contributed by atoms with Crippen LogP contribution in [0.1, 0.15) is 25.8 Å². The normalized spacial score (nSPS) is 12.2. The van der Waals surface area contributed by atoms with Crippen molar-refractivity contribution in [1.29, 1.82) is 0 Å². The van der Waals surface area contributed by atoms with Crippen LogP contribution in [0, 0.1) is 5.92 Å². The Kier molecular flexibility index (Phi) is 9.84. The van der Waals surface area contributed by atoms with Crippen molar-refractivity contribution in [3.8, 4) is 11.1 Å². The summed E-state index contributed by atoms with van der Waals surface area (Å²) < 4.78 is 0. The molecule has 2 rings (SSSR count). The minimum atomic E-state index is -0.305. The highest BCUT2D eigenvalue weighted by Crippen LogP contribution is 2.19. The van der Waals surface area contributed by atoms with Gasteiger partial charge in [-0.1, -0.05) is 68.4 Å². The number of nitrogens with one attached hydrogen (secondary N) is 1. The van der Waals surface area contributed by atoms with Crippen LogP contribution >= 0.6 is 0 Å². The zero-order valence-corrected chi connectivity index (χ0v) is 18.8. The summed E-state index contributed by atoms with van der Waals surface area (Å²) in [6.45, 7) is 6.46. The lowest BCUT2D eigenvalue weighted by molar-refractivity contribution is 0.174. The van der Waals surface area contributed by atoms with Gasteiger partial charge in [0, 0.05) is 19.6 Å². The van der Waals surface area contributed by atoms with Gasteiger partial charge in [0.05, 0.1) is 12.6 Å². The van der Waals surface area contributed by atoms with Gasteiger partial charge in [0.15, 0.2) is 0 Å². The molecule has 0 unspecified atom stereocenters. The number of nitrogens with zero attached hydrogens (tertiary/aromatic N) is 2. The van der Waals surface area contributed by atoms with Crippen LogP contribution in [0.25, 0.3) is 11.1 Å². The van der Waals surface area contributed by atoms with Gasteiger partial charge in [0.1, 0.15) is 0 Å². The molecule has 0 heterocycles. The minimum absolute atomic E-state index is 0.0854. The van der Waals surface area contributed by atoms with Crippen LogP contribution in [0.3, 0.4) is 0 Å². The van der Waals surface area contributed by atoms with Gasteiger partial charge in [-0.2, -0.15) is 0 Å². The summed E-state index contributed by atoms with van der Waals surface area (Å²) in [5, 5.41) is 12.9. The monoisotopic (exact) mass is 411 g/mol. The molecule has 0 aliphatic carbocycles. The summed E-state index contributed by atoms with van der Waals surface area (Å²) >= 11 is 0. The molecule has 5 heteroatoms. The minimum Gasteiger partial charge on any atom is -0.394 e. The smallest absolute Gasteiger partial charge is 0.317 e. The van der Waals surface area contributed by atoms with E-state index in [1.807, 2.05) is 37.2 Å². The lowest BCUT2D eigenvalue weighted by Crippen LogP contribution is -2.49. The Balaban J connectivity index is 1.97. The first-order chi connectivity index (χ1) is 14.4. The van der Waals surface area contributed by atoms with Gasteiger partial charge >= 0.3 is 6.03 Å². The van der Waals surface area contributed by atoms with Crippen molar-refractivity contribution < 1.29 is 9.90 Å². The second-order valence-corrected chi connectivity index (χ2v) is 8.57. The number of likely N-dealkylation sites (N-methyl/N-ethyl adjacent to an activating group) is 1. The van der Waals surface area contributed by atoms with E-state index in [4.69, 9.17) is 0 Å². The summed E-state index contributed by atoms with van der Waals surface area (Å²) in [6, 6.07) is 18.2. The number of aliphatic hydroxyl groups excluding tert-OH is 1. The topological polar surface area (TPSA) is 55.8 Å². The third-order valence-corrected chi connectivity index (χ3v) is 5.17. The second-order valence-electron chi connectivity index (χ2n) is 8.57. The number of carbonyl (C=O) groups excluding carboxylic acids is 1. The van der Waals surface area contributed by atoms with Crippen molar-refractivity contribution >= 4 is 6.03 Å². The van der Waals surface area contributed by atoms with Crippen LogP contribution in [0.5, 0.6) is 0 Å². The number of hydrogen-bond donors (Lipinski definition) is 2. The highest BCUT2D eigenvalue weighted by Gasteiger charge is 2.18. The Bertz CT molecular complexity index is 733. The van der Waals surface area contributed by atoms with E-state index < -0.39 is 0 Å². The fourth-order valence-corrected chi connectivity index (χ4v) is 3.23. The van der Waals surface area contributed by atoms with E-state index in [2.05, 4.69) is 60.5 Å². The zero-order chi connectivity index (χ0) is 21.9. The van der Waals surface area contributed by atoms with Gasteiger partial charge < -0.3 is 20.2 Å². The van der Waals surface area contributed by atoms with Crippen LogP contribution in [-0.2, 0) is 6.42 Å². The molecule has 0 fully saturated rings. The predicted molar refractivity (Wildman–Crippen MR) is 125 cm³/mol. The van der Waals surface area contributed by atoms with Crippen LogP contribution in [0.2, 0.25) is 0 Å². The Morgan fingerprint density at radius 1 is 0.933 bits per heavy atom. The molecule has 0 saturated heterocycles. The molecular formula is C25H37N3O2. The van der Waals surface area contributed by atoms with Gasteiger partial charge in [0.25, 0.3) is 0 Å². The first-order valence-electron chi connectivity index (χ1n) is 10.8. The highest BCUT2D eigenvalue weighted by atomic mass is 16.3. The maximum absolute atomic E-state index is 12.9. The maximum Gasteiger partial charge on any atom is 0.317 e. The second kappa shape index (κ2) is 12.4. The van der Waals surface area contributed by atoms with E-state index in [9.17, 15) is 9.90 Å². The molecule has 2 aromatic rings. The third-order valence-electron chi connectivity index (χ3n) is 5.17. The molecule has 0 aliphatic heterocycles. The van der Waals surface area contributed by atoms with Crippen LogP contribution in [-0.4, -0.2) is 67.3 Å². The van der Waals surface area contributed by atoms with Gasteiger partial charge in [-0.05, 0) is 49.5 Å². The molecule has 0 bridgehead atoms. The molecule has 1 atom stereocenters. The third kappa shape index (κ3) is 8.17. The first kappa shape index (κ1) is 23.9. The molecule has 2 amide bonds. The Morgan fingerprint density at radius 2 is 1.57 bits per heavy atom. The number of benzene rings is 2. The molecular weight excluding hydrogens is 374 g/mol. The van der Waals surface area contributed by atoms with Crippen LogP contribution in [0.15, 0.2) is 54.6 Å². The highest BCUT2D eigenvalue weighted by molar-refractivity contribution is 5.74. The number of amides is 2. The predicted octanol–water partition coefficient (Wildman–Crippen LogP) is 3.88. The van der Waals surface area contributed by atoms with E-state index in [1.54, 1.807) is 0 Å². The van der Waals surface area contributed by atoms with E-state index in [-0.39, 0.29) is 18.7 Å². The van der Waals surface area contributed by atoms with E-state index in [1.165, 1.54) is 5.56 Å². The number of rotatable bonds is 11. The fraction of sp³-hybridized carbons (Fsp3) is 0.480. The van der Waals surface area contributed by atoms with E-state index >= 15 is 0 Å². The number of carbonyl (C=O) groups is 1.